The van der Waals surface area contributed by atoms with Crippen LogP contribution in [0.25, 0.3) is 11.0 Å². The molecule has 3 aromatic rings. The lowest BCUT2D eigenvalue weighted by molar-refractivity contribution is -0.133. The molecule has 2 aromatic heterocycles. The van der Waals surface area contributed by atoms with Crippen molar-refractivity contribution in [3.8, 4) is 0 Å². The number of aromatic nitrogens is 4. The van der Waals surface area contributed by atoms with E-state index in [9.17, 15) is 9.59 Å². The average Bonchev–Trinajstić information content (AvgIpc) is 3.29. The van der Waals surface area contributed by atoms with Crippen molar-refractivity contribution < 1.29 is 14.0 Å². The van der Waals surface area contributed by atoms with Crippen LogP contribution in [0, 0.1) is 6.92 Å². The quantitative estimate of drug-likeness (QED) is 0.687. The Balaban J connectivity index is 1.41. The minimum atomic E-state index is -0.133. The number of nitrogens with zero attached hydrogens (tertiary/aromatic N) is 6. The van der Waals surface area contributed by atoms with Gasteiger partial charge in [-0.1, -0.05) is 18.2 Å². The molecule has 0 aliphatic carbocycles. The molecule has 1 aromatic carbocycles. The number of furan rings is 1. The van der Waals surface area contributed by atoms with Gasteiger partial charge in [0.2, 0.25) is 5.91 Å². The lowest BCUT2D eigenvalue weighted by Crippen LogP contribution is -2.51. The number of benzene rings is 1. The highest BCUT2D eigenvalue weighted by Crippen LogP contribution is 2.26. The van der Waals surface area contributed by atoms with Gasteiger partial charge in [-0.2, -0.15) is 0 Å². The van der Waals surface area contributed by atoms with Gasteiger partial charge in [-0.05, 0) is 23.4 Å². The lowest BCUT2D eigenvalue weighted by atomic mass is 10.1. The Kier molecular flexibility index (Phi) is 4.11. The highest BCUT2D eigenvalue weighted by Gasteiger charge is 2.28. The van der Waals surface area contributed by atoms with Crippen LogP contribution in [-0.2, 0) is 11.3 Å². The second-order valence-electron chi connectivity index (χ2n) is 6.23. The molecule has 3 heterocycles. The molecule has 1 fully saturated rings. The van der Waals surface area contributed by atoms with Gasteiger partial charge in [-0.15, -0.1) is 5.10 Å². The highest BCUT2D eigenvalue weighted by molar-refractivity contribution is 5.99. The van der Waals surface area contributed by atoms with E-state index in [1.807, 2.05) is 31.2 Å². The molecule has 1 aliphatic heterocycles. The summed E-state index contributed by atoms with van der Waals surface area (Å²) in [4.78, 5) is 28.5. The summed E-state index contributed by atoms with van der Waals surface area (Å²) in [5.74, 6) is 0.176. The molecule has 4 rings (SSSR count). The number of aryl methyl sites for hydroxylation is 1. The summed E-state index contributed by atoms with van der Waals surface area (Å²) in [7, 11) is 0. The Morgan fingerprint density at radius 1 is 1.12 bits per heavy atom. The van der Waals surface area contributed by atoms with E-state index in [2.05, 4.69) is 15.5 Å². The summed E-state index contributed by atoms with van der Waals surface area (Å²) in [6.45, 7) is 3.89. The normalized spacial score (nSPS) is 14.8. The summed E-state index contributed by atoms with van der Waals surface area (Å²) >= 11 is 0. The first-order valence-corrected chi connectivity index (χ1v) is 8.39. The number of fused-ring (bicyclic) bond motifs is 1. The number of amides is 2. The molecule has 0 N–H and O–H groups in total. The predicted molar refractivity (Wildman–Crippen MR) is 91.3 cm³/mol. The van der Waals surface area contributed by atoms with Gasteiger partial charge >= 0.3 is 0 Å². The van der Waals surface area contributed by atoms with Gasteiger partial charge in [-0.25, -0.2) is 4.68 Å². The lowest BCUT2D eigenvalue weighted by Gasteiger charge is -2.34. The third kappa shape index (κ3) is 2.92. The maximum absolute atomic E-state index is 12.8. The molecule has 0 saturated carbocycles. The van der Waals surface area contributed by atoms with Gasteiger partial charge < -0.3 is 14.2 Å². The van der Waals surface area contributed by atoms with E-state index < -0.39 is 0 Å². The summed E-state index contributed by atoms with van der Waals surface area (Å²) in [6, 6.07) is 7.61. The number of piperazine rings is 1. The molecule has 1 aliphatic rings. The topological polar surface area (TPSA) is 97.4 Å². The maximum atomic E-state index is 12.8. The van der Waals surface area contributed by atoms with E-state index in [4.69, 9.17) is 4.42 Å². The molecule has 0 radical (unpaired) electrons. The Bertz CT molecular complexity index is 941. The maximum Gasteiger partial charge on any atom is 0.290 e. The molecule has 26 heavy (non-hydrogen) atoms. The third-order valence-electron chi connectivity index (χ3n) is 4.65. The molecule has 134 valence electrons. The first kappa shape index (κ1) is 16.2. The van der Waals surface area contributed by atoms with E-state index >= 15 is 0 Å². The summed E-state index contributed by atoms with van der Waals surface area (Å²) in [6.07, 6.45) is 1.40. The Morgan fingerprint density at radius 3 is 2.54 bits per heavy atom. The van der Waals surface area contributed by atoms with Crippen LogP contribution in [0.15, 0.2) is 35.0 Å². The molecular formula is C17H18N6O3. The molecule has 9 heteroatoms. The van der Waals surface area contributed by atoms with Crippen LogP contribution >= 0.6 is 0 Å². The van der Waals surface area contributed by atoms with E-state index in [1.165, 1.54) is 11.0 Å². The van der Waals surface area contributed by atoms with Crippen molar-refractivity contribution >= 4 is 22.8 Å². The number of para-hydroxylation sites is 1. The van der Waals surface area contributed by atoms with Gasteiger partial charge in [0.1, 0.15) is 18.5 Å². The standard InChI is InChI=1S/C17H18N6O3/c1-12-13-4-2-3-5-14(13)26-16(12)17(25)22-8-6-21(7-9-22)15(24)10-23-11-18-19-20-23/h2-5,11H,6-10H2,1H3. The zero-order valence-corrected chi connectivity index (χ0v) is 14.3. The van der Waals surface area contributed by atoms with Crippen LogP contribution in [0.2, 0.25) is 0 Å². The minimum Gasteiger partial charge on any atom is -0.451 e. The van der Waals surface area contributed by atoms with Crippen molar-refractivity contribution in [2.45, 2.75) is 13.5 Å². The molecule has 1 saturated heterocycles. The smallest absolute Gasteiger partial charge is 0.290 e. The largest absolute Gasteiger partial charge is 0.451 e. The third-order valence-corrected chi connectivity index (χ3v) is 4.65. The van der Waals surface area contributed by atoms with E-state index in [-0.39, 0.29) is 18.4 Å². The van der Waals surface area contributed by atoms with Crippen LogP contribution in [0.1, 0.15) is 16.1 Å². The van der Waals surface area contributed by atoms with Crippen LogP contribution in [0.3, 0.4) is 0 Å². The predicted octanol–water partition coefficient (Wildman–Crippen LogP) is 0.712. The second kappa shape index (κ2) is 6.58. The van der Waals surface area contributed by atoms with Crippen LogP contribution < -0.4 is 0 Å². The molecular weight excluding hydrogens is 336 g/mol. The van der Waals surface area contributed by atoms with Crippen molar-refractivity contribution in [3.63, 3.8) is 0 Å². The van der Waals surface area contributed by atoms with Gasteiger partial charge in [0.25, 0.3) is 5.91 Å². The number of hydrogen-bond acceptors (Lipinski definition) is 6. The summed E-state index contributed by atoms with van der Waals surface area (Å²) < 4.78 is 7.15. The first-order chi connectivity index (χ1) is 12.6. The van der Waals surface area contributed by atoms with Crippen LogP contribution in [-0.4, -0.2) is 68.0 Å². The van der Waals surface area contributed by atoms with E-state index in [0.717, 1.165) is 10.9 Å². The van der Waals surface area contributed by atoms with Gasteiger partial charge in [0.05, 0.1) is 0 Å². The number of rotatable bonds is 3. The van der Waals surface area contributed by atoms with Crippen molar-refractivity contribution in [2.24, 2.45) is 0 Å². The molecule has 0 bridgehead atoms. The zero-order chi connectivity index (χ0) is 18.1. The van der Waals surface area contributed by atoms with Gasteiger partial charge in [-0.3, -0.25) is 9.59 Å². The fourth-order valence-electron chi connectivity index (χ4n) is 3.17. The number of carbonyl (C=O) groups is 2. The summed E-state index contributed by atoms with van der Waals surface area (Å²) in [5.41, 5.74) is 1.56. The van der Waals surface area contributed by atoms with Crippen molar-refractivity contribution in [1.29, 1.82) is 0 Å². The van der Waals surface area contributed by atoms with Gasteiger partial charge in [0.15, 0.2) is 5.76 Å². The van der Waals surface area contributed by atoms with Crippen molar-refractivity contribution in [1.82, 2.24) is 30.0 Å². The Morgan fingerprint density at radius 2 is 1.85 bits per heavy atom. The summed E-state index contributed by atoms with van der Waals surface area (Å²) in [5, 5.41) is 11.7. The second-order valence-corrected chi connectivity index (χ2v) is 6.23. The SMILES string of the molecule is Cc1c(C(=O)N2CCN(C(=O)Cn3cnnn3)CC2)oc2ccccc12. The molecule has 9 nitrogen and oxygen atoms in total. The number of carbonyl (C=O) groups excluding carboxylic acids is 2. The van der Waals surface area contributed by atoms with Crippen molar-refractivity contribution in [2.75, 3.05) is 26.2 Å². The van der Waals surface area contributed by atoms with Gasteiger partial charge in [0, 0.05) is 37.1 Å². The Hall–Kier alpha value is -3.23. The monoisotopic (exact) mass is 354 g/mol. The molecule has 0 atom stereocenters. The minimum absolute atomic E-state index is 0.0654. The molecule has 2 amide bonds. The van der Waals surface area contributed by atoms with E-state index in [1.54, 1.807) is 9.80 Å². The average molecular weight is 354 g/mol. The number of tetrazole rings is 1. The Labute approximate surface area is 149 Å². The first-order valence-electron chi connectivity index (χ1n) is 8.39. The van der Waals surface area contributed by atoms with Crippen LogP contribution in [0.4, 0.5) is 0 Å². The van der Waals surface area contributed by atoms with Crippen molar-refractivity contribution in [3.05, 3.63) is 41.9 Å². The fraction of sp³-hybridized carbons (Fsp3) is 0.353. The van der Waals surface area contributed by atoms with E-state index in [0.29, 0.717) is 37.5 Å². The zero-order valence-electron chi connectivity index (χ0n) is 14.3. The molecule has 0 spiro atoms. The fourth-order valence-corrected chi connectivity index (χ4v) is 3.17. The van der Waals surface area contributed by atoms with Crippen LogP contribution in [0.5, 0.6) is 0 Å². The molecule has 0 unspecified atom stereocenters. The highest BCUT2D eigenvalue weighted by atomic mass is 16.3. The number of hydrogen-bond donors (Lipinski definition) is 0.